The number of benzene rings is 1. The van der Waals surface area contributed by atoms with E-state index in [1.807, 2.05) is 20.8 Å². The van der Waals surface area contributed by atoms with Crippen LogP contribution < -0.4 is 10.6 Å². The first-order chi connectivity index (χ1) is 12.8. The Hall–Kier alpha value is -1.85. The minimum Gasteiger partial charge on any atom is -0.335 e. The smallest absolute Gasteiger partial charge is 0.335 e. The number of thiazole rings is 1. The van der Waals surface area contributed by atoms with Crippen LogP contribution in [0.1, 0.15) is 20.8 Å². The quantitative estimate of drug-likeness (QED) is 0.679. The highest BCUT2D eigenvalue weighted by Gasteiger charge is 2.29. The van der Waals surface area contributed by atoms with Gasteiger partial charge in [-0.25, -0.2) is 4.98 Å². The van der Waals surface area contributed by atoms with E-state index in [0.29, 0.717) is 10.2 Å². The lowest BCUT2D eigenvalue weighted by atomic mass is 10.1. The molecule has 0 atom stereocenters. The van der Waals surface area contributed by atoms with E-state index in [9.17, 15) is 22.8 Å². The van der Waals surface area contributed by atoms with Crippen molar-refractivity contribution in [1.82, 2.24) is 15.2 Å². The SMILES string of the molecule is CN(CC(=O)Nc1nc2ccc(SC(F)(F)F)cc2s1)C(=O)CNC(C)(C)C. The molecule has 11 heteroatoms. The van der Waals surface area contributed by atoms with Crippen molar-refractivity contribution in [3.8, 4) is 0 Å². The second-order valence-electron chi connectivity index (χ2n) is 7.10. The Balaban J connectivity index is 1.96. The van der Waals surface area contributed by atoms with Gasteiger partial charge in [0, 0.05) is 17.5 Å². The van der Waals surface area contributed by atoms with Crippen LogP contribution in [-0.2, 0) is 9.59 Å². The standard InChI is InChI=1S/C17H21F3N4O2S2/c1-16(2,3)21-8-14(26)24(4)9-13(25)23-15-22-11-6-5-10(7-12(11)27-15)28-17(18,19)20/h5-7,21H,8-9H2,1-4H3,(H,22,23,25). The van der Waals surface area contributed by atoms with Crippen LogP contribution in [0.2, 0.25) is 0 Å². The maximum absolute atomic E-state index is 12.5. The molecule has 0 aliphatic rings. The molecule has 0 fully saturated rings. The van der Waals surface area contributed by atoms with E-state index in [0.717, 1.165) is 11.3 Å². The number of amides is 2. The van der Waals surface area contributed by atoms with E-state index in [2.05, 4.69) is 15.6 Å². The van der Waals surface area contributed by atoms with E-state index in [-0.39, 0.29) is 46.3 Å². The summed E-state index contributed by atoms with van der Waals surface area (Å²) in [4.78, 5) is 29.7. The normalized spacial score (nSPS) is 12.2. The maximum atomic E-state index is 12.5. The number of aromatic nitrogens is 1. The maximum Gasteiger partial charge on any atom is 0.446 e. The zero-order valence-corrected chi connectivity index (χ0v) is 17.4. The molecule has 0 saturated heterocycles. The van der Waals surface area contributed by atoms with Crippen LogP contribution in [0.25, 0.3) is 10.2 Å². The van der Waals surface area contributed by atoms with Gasteiger partial charge < -0.3 is 15.5 Å². The molecule has 154 valence electrons. The minimum absolute atomic E-state index is 0.0539. The molecule has 28 heavy (non-hydrogen) atoms. The molecule has 0 unspecified atom stereocenters. The summed E-state index contributed by atoms with van der Waals surface area (Å²) in [5.41, 5.74) is -4.09. The summed E-state index contributed by atoms with van der Waals surface area (Å²) in [5.74, 6) is -0.668. The summed E-state index contributed by atoms with van der Waals surface area (Å²) in [6, 6.07) is 4.19. The lowest BCUT2D eigenvalue weighted by molar-refractivity contribution is -0.132. The van der Waals surface area contributed by atoms with Crippen molar-refractivity contribution in [3.63, 3.8) is 0 Å². The second-order valence-corrected chi connectivity index (χ2v) is 9.27. The first kappa shape index (κ1) is 22.4. The third-order valence-corrected chi connectivity index (χ3v) is 5.07. The summed E-state index contributed by atoms with van der Waals surface area (Å²) in [6.45, 7) is 5.74. The van der Waals surface area contributed by atoms with Crippen LogP contribution in [0.5, 0.6) is 0 Å². The van der Waals surface area contributed by atoms with Crippen LogP contribution in [0.3, 0.4) is 0 Å². The van der Waals surface area contributed by atoms with Gasteiger partial charge in [0.1, 0.15) is 0 Å². The Morgan fingerprint density at radius 3 is 2.54 bits per heavy atom. The Kier molecular flexibility index (Phi) is 6.94. The van der Waals surface area contributed by atoms with Crippen molar-refractivity contribution in [3.05, 3.63) is 18.2 Å². The van der Waals surface area contributed by atoms with Gasteiger partial charge in [-0.05, 0) is 50.7 Å². The summed E-state index contributed by atoms with van der Waals surface area (Å²) >= 11 is 0.873. The Morgan fingerprint density at radius 1 is 1.25 bits per heavy atom. The van der Waals surface area contributed by atoms with Crippen LogP contribution in [0, 0.1) is 0 Å². The van der Waals surface area contributed by atoms with Crippen LogP contribution >= 0.6 is 23.1 Å². The molecule has 0 aliphatic heterocycles. The van der Waals surface area contributed by atoms with Crippen LogP contribution in [-0.4, -0.2) is 52.9 Å². The largest absolute Gasteiger partial charge is 0.446 e. The number of fused-ring (bicyclic) bond motifs is 1. The van der Waals surface area contributed by atoms with Crippen LogP contribution in [0.15, 0.2) is 23.1 Å². The number of nitrogens with one attached hydrogen (secondary N) is 2. The fraction of sp³-hybridized carbons (Fsp3) is 0.471. The molecule has 1 aromatic carbocycles. The van der Waals surface area contributed by atoms with Crippen molar-refractivity contribution in [1.29, 1.82) is 0 Å². The summed E-state index contributed by atoms with van der Waals surface area (Å²) in [5, 5.41) is 5.90. The van der Waals surface area contributed by atoms with Crippen LogP contribution in [0.4, 0.5) is 18.3 Å². The van der Waals surface area contributed by atoms with Crippen molar-refractivity contribution in [2.24, 2.45) is 0 Å². The average Bonchev–Trinajstić information content (AvgIpc) is 2.91. The van der Waals surface area contributed by atoms with Crippen molar-refractivity contribution in [2.45, 2.75) is 36.7 Å². The van der Waals surface area contributed by atoms with Gasteiger partial charge in [0.15, 0.2) is 5.13 Å². The number of thioether (sulfide) groups is 1. The van der Waals surface area contributed by atoms with Gasteiger partial charge in [0.05, 0.1) is 23.3 Å². The molecular formula is C17H21F3N4O2S2. The number of carbonyl (C=O) groups is 2. The number of anilines is 1. The van der Waals surface area contributed by atoms with Gasteiger partial charge in [0.25, 0.3) is 0 Å². The first-order valence-electron chi connectivity index (χ1n) is 8.27. The molecule has 6 nitrogen and oxygen atoms in total. The van der Waals surface area contributed by atoms with Gasteiger partial charge in [-0.3, -0.25) is 9.59 Å². The highest BCUT2D eigenvalue weighted by atomic mass is 32.2. The number of alkyl halides is 3. The van der Waals surface area contributed by atoms with Crippen molar-refractivity contribution in [2.75, 3.05) is 25.5 Å². The van der Waals surface area contributed by atoms with E-state index < -0.39 is 11.4 Å². The predicted octanol–water partition coefficient (Wildman–Crippen LogP) is 3.69. The molecule has 2 N–H and O–H groups in total. The van der Waals surface area contributed by atoms with Gasteiger partial charge in [0.2, 0.25) is 11.8 Å². The molecule has 2 aromatic rings. The number of halogens is 3. The predicted molar refractivity (Wildman–Crippen MR) is 106 cm³/mol. The molecule has 2 amide bonds. The van der Waals surface area contributed by atoms with E-state index in [1.165, 1.54) is 30.1 Å². The zero-order valence-electron chi connectivity index (χ0n) is 15.8. The average molecular weight is 435 g/mol. The number of carbonyl (C=O) groups excluding carboxylic acids is 2. The second kappa shape index (κ2) is 8.66. The number of rotatable bonds is 6. The summed E-state index contributed by atoms with van der Waals surface area (Å²) in [7, 11) is 1.52. The molecule has 2 rings (SSSR count). The van der Waals surface area contributed by atoms with Crippen molar-refractivity contribution < 1.29 is 22.8 Å². The third kappa shape index (κ3) is 7.28. The van der Waals surface area contributed by atoms with Crippen molar-refractivity contribution >= 4 is 50.3 Å². The van der Waals surface area contributed by atoms with Gasteiger partial charge in [-0.2, -0.15) is 13.2 Å². The molecule has 0 spiro atoms. The minimum atomic E-state index is -4.37. The highest BCUT2D eigenvalue weighted by molar-refractivity contribution is 8.00. The monoisotopic (exact) mass is 434 g/mol. The topological polar surface area (TPSA) is 74.3 Å². The van der Waals surface area contributed by atoms with Gasteiger partial charge >= 0.3 is 5.51 Å². The van der Waals surface area contributed by atoms with Gasteiger partial charge in [-0.15, -0.1) is 0 Å². The summed E-state index contributed by atoms with van der Waals surface area (Å²) in [6.07, 6.45) is 0. The molecule has 0 aliphatic carbocycles. The lowest BCUT2D eigenvalue weighted by Gasteiger charge is -2.23. The summed E-state index contributed by atoms with van der Waals surface area (Å²) < 4.78 is 38.0. The third-order valence-electron chi connectivity index (χ3n) is 3.42. The first-order valence-corrected chi connectivity index (χ1v) is 9.91. The number of likely N-dealkylation sites (N-methyl/N-ethyl adjacent to an activating group) is 1. The molecule has 0 radical (unpaired) electrons. The lowest BCUT2D eigenvalue weighted by Crippen LogP contribution is -2.45. The Morgan fingerprint density at radius 2 is 1.93 bits per heavy atom. The number of hydrogen-bond donors (Lipinski definition) is 2. The fourth-order valence-electron chi connectivity index (χ4n) is 2.09. The van der Waals surface area contributed by atoms with Gasteiger partial charge in [-0.1, -0.05) is 11.3 Å². The van der Waals surface area contributed by atoms with E-state index in [4.69, 9.17) is 0 Å². The highest BCUT2D eigenvalue weighted by Crippen LogP contribution is 2.39. The zero-order chi connectivity index (χ0) is 21.1. The molecule has 1 aromatic heterocycles. The Labute approximate surface area is 168 Å². The fourth-order valence-corrected chi connectivity index (χ4v) is 3.67. The Bertz CT molecular complexity index is 862. The molecule has 0 bridgehead atoms. The number of hydrogen-bond acceptors (Lipinski definition) is 6. The number of nitrogens with zero attached hydrogens (tertiary/aromatic N) is 2. The molecular weight excluding hydrogens is 413 g/mol. The molecule has 1 heterocycles. The molecule has 0 saturated carbocycles. The van der Waals surface area contributed by atoms with E-state index >= 15 is 0 Å². The van der Waals surface area contributed by atoms with E-state index in [1.54, 1.807) is 0 Å².